The van der Waals surface area contributed by atoms with Crippen LogP contribution in [0, 0.1) is 5.92 Å². The Morgan fingerprint density at radius 2 is 1.75 bits per heavy atom. The standard InChI is InChI=1S/C19H24N2O3/c1-24-17-10-6-5-9-16(17)19(23)21-13-11-20(12-14-21)18(22)15-7-3-2-4-8-15/h2-3,5-6,9-10,15H,4,7-8,11-14H2,1H3. The van der Waals surface area contributed by atoms with Gasteiger partial charge in [-0.15, -0.1) is 0 Å². The van der Waals surface area contributed by atoms with Crippen LogP contribution in [0.1, 0.15) is 29.6 Å². The topological polar surface area (TPSA) is 49.9 Å². The van der Waals surface area contributed by atoms with Crippen LogP contribution in [0.4, 0.5) is 0 Å². The van der Waals surface area contributed by atoms with Crippen LogP contribution >= 0.6 is 0 Å². The van der Waals surface area contributed by atoms with E-state index >= 15 is 0 Å². The van der Waals surface area contributed by atoms with E-state index in [1.165, 1.54) is 0 Å². The van der Waals surface area contributed by atoms with Crippen LogP contribution in [0.3, 0.4) is 0 Å². The van der Waals surface area contributed by atoms with Crippen molar-refractivity contribution in [2.75, 3.05) is 33.3 Å². The van der Waals surface area contributed by atoms with E-state index in [9.17, 15) is 9.59 Å². The number of piperazine rings is 1. The van der Waals surface area contributed by atoms with Gasteiger partial charge in [-0.1, -0.05) is 24.3 Å². The highest BCUT2D eigenvalue weighted by Crippen LogP contribution is 2.23. The summed E-state index contributed by atoms with van der Waals surface area (Å²) in [5.41, 5.74) is 0.581. The van der Waals surface area contributed by atoms with Gasteiger partial charge in [-0.3, -0.25) is 9.59 Å². The molecule has 1 unspecified atom stereocenters. The van der Waals surface area contributed by atoms with Crippen LogP contribution in [0.15, 0.2) is 36.4 Å². The molecule has 1 saturated heterocycles. The largest absolute Gasteiger partial charge is 0.496 e. The van der Waals surface area contributed by atoms with Crippen LogP contribution in [-0.2, 0) is 4.79 Å². The quantitative estimate of drug-likeness (QED) is 0.800. The van der Waals surface area contributed by atoms with Crippen LogP contribution in [0.2, 0.25) is 0 Å². The first-order valence-electron chi connectivity index (χ1n) is 8.57. The normalized spacial score (nSPS) is 20.8. The Labute approximate surface area is 142 Å². The molecule has 1 aliphatic carbocycles. The number of hydrogen-bond donors (Lipinski definition) is 0. The first kappa shape index (κ1) is 16.6. The molecule has 0 N–H and O–H groups in total. The molecule has 0 spiro atoms. The maximum absolute atomic E-state index is 12.7. The second-order valence-corrected chi connectivity index (χ2v) is 6.30. The maximum atomic E-state index is 12.7. The molecule has 0 radical (unpaired) electrons. The number of rotatable bonds is 3. The summed E-state index contributed by atoms with van der Waals surface area (Å²) < 4.78 is 5.28. The van der Waals surface area contributed by atoms with E-state index in [1.807, 2.05) is 21.9 Å². The number of amides is 2. The van der Waals surface area contributed by atoms with Gasteiger partial charge in [-0.25, -0.2) is 0 Å². The van der Waals surface area contributed by atoms with Gasteiger partial charge in [0, 0.05) is 32.1 Å². The number of methoxy groups -OCH3 is 1. The maximum Gasteiger partial charge on any atom is 0.257 e. The molecule has 3 rings (SSSR count). The second kappa shape index (κ2) is 7.51. The Bertz CT molecular complexity index is 633. The van der Waals surface area contributed by atoms with Crippen LogP contribution in [0.5, 0.6) is 5.75 Å². The fourth-order valence-corrected chi connectivity index (χ4v) is 3.40. The number of benzene rings is 1. The minimum atomic E-state index is -0.0276. The summed E-state index contributed by atoms with van der Waals surface area (Å²) in [5, 5.41) is 0. The molecule has 0 bridgehead atoms. The van der Waals surface area contributed by atoms with E-state index in [0.29, 0.717) is 37.5 Å². The molecule has 128 valence electrons. The van der Waals surface area contributed by atoms with E-state index < -0.39 is 0 Å². The van der Waals surface area contributed by atoms with Crippen molar-refractivity contribution in [1.29, 1.82) is 0 Å². The molecule has 1 heterocycles. The lowest BCUT2D eigenvalue weighted by Crippen LogP contribution is -2.52. The van der Waals surface area contributed by atoms with Crippen molar-refractivity contribution in [3.8, 4) is 5.75 Å². The summed E-state index contributed by atoms with van der Waals surface area (Å²) in [4.78, 5) is 29.0. The number of nitrogens with zero attached hydrogens (tertiary/aromatic N) is 2. The van der Waals surface area contributed by atoms with Gasteiger partial charge >= 0.3 is 0 Å². The molecule has 24 heavy (non-hydrogen) atoms. The molecular weight excluding hydrogens is 304 g/mol. The van der Waals surface area contributed by atoms with Gasteiger partial charge in [0.15, 0.2) is 0 Å². The third-order valence-electron chi connectivity index (χ3n) is 4.83. The summed E-state index contributed by atoms with van der Waals surface area (Å²) in [6, 6.07) is 7.27. The molecular formula is C19H24N2O3. The molecule has 1 aromatic carbocycles. The third-order valence-corrected chi connectivity index (χ3v) is 4.83. The van der Waals surface area contributed by atoms with Gasteiger partial charge in [0.25, 0.3) is 5.91 Å². The van der Waals surface area contributed by atoms with Crippen molar-refractivity contribution in [3.05, 3.63) is 42.0 Å². The van der Waals surface area contributed by atoms with Crippen molar-refractivity contribution in [2.24, 2.45) is 5.92 Å². The molecule has 5 heteroatoms. The Hall–Kier alpha value is -2.30. The summed E-state index contributed by atoms with van der Waals surface area (Å²) >= 11 is 0. The Kier molecular flexibility index (Phi) is 5.18. The minimum absolute atomic E-state index is 0.0276. The number of ether oxygens (including phenoxy) is 1. The fourth-order valence-electron chi connectivity index (χ4n) is 3.40. The number of para-hydroxylation sites is 1. The average Bonchev–Trinajstić information content (AvgIpc) is 2.67. The molecule has 0 saturated carbocycles. The number of hydrogen-bond acceptors (Lipinski definition) is 3. The molecule has 5 nitrogen and oxygen atoms in total. The van der Waals surface area contributed by atoms with E-state index in [1.54, 1.807) is 19.2 Å². The summed E-state index contributed by atoms with van der Waals surface area (Å²) in [7, 11) is 1.57. The zero-order valence-electron chi connectivity index (χ0n) is 14.1. The monoisotopic (exact) mass is 328 g/mol. The predicted octanol–water partition coefficient (Wildman–Crippen LogP) is 2.34. The third kappa shape index (κ3) is 3.45. The van der Waals surface area contributed by atoms with Crippen LogP contribution < -0.4 is 4.74 Å². The van der Waals surface area contributed by atoms with Gasteiger partial charge in [-0.2, -0.15) is 0 Å². The van der Waals surface area contributed by atoms with Crippen molar-refractivity contribution in [3.63, 3.8) is 0 Å². The molecule has 1 fully saturated rings. The molecule has 1 aliphatic heterocycles. The van der Waals surface area contributed by atoms with Crippen LogP contribution in [0.25, 0.3) is 0 Å². The molecule has 2 amide bonds. The smallest absolute Gasteiger partial charge is 0.257 e. The zero-order chi connectivity index (χ0) is 16.9. The van der Waals surface area contributed by atoms with Gasteiger partial charge < -0.3 is 14.5 Å². The second-order valence-electron chi connectivity index (χ2n) is 6.30. The van der Waals surface area contributed by atoms with E-state index in [4.69, 9.17) is 4.74 Å². The van der Waals surface area contributed by atoms with Crippen molar-refractivity contribution in [1.82, 2.24) is 9.80 Å². The highest BCUT2D eigenvalue weighted by Gasteiger charge is 2.29. The molecule has 0 aromatic heterocycles. The summed E-state index contributed by atoms with van der Waals surface area (Å²) in [6.07, 6.45) is 7.03. The SMILES string of the molecule is COc1ccccc1C(=O)N1CCN(C(=O)C2CC=CCC2)CC1. The molecule has 2 aliphatic rings. The predicted molar refractivity (Wildman–Crippen MR) is 92.0 cm³/mol. The fraction of sp³-hybridized carbons (Fsp3) is 0.474. The summed E-state index contributed by atoms with van der Waals surface area (Å²) in [6.45, 7) is 2.37. The van der Waals surface area contributed by atoms with Crippen molar-refractivity contribution >= 4 is 11.8 Å². The Morgan fingerprint density at radius 3 is 2.42 bits per heavy atom. The van der Waals surface area contributed by atoms with Gasteiger partial charge in [0.2, 0.25) is 5.91 Å². The van der Waals surface area contributed by atoms with E-state index in [0.717, 1.165) is 19.3 Å². The minimum Gasteiger partial charge on any atom is -0.496 e. The van der Waals surface area contributed by atoms with Gasteiger partial charge in [0.1, 0.15) is 5.75 Å². The zero-order valence-corrected chi connectivity index (χ0v) is 14.1. The first-order chi connectivity index (χ1) is 11.7. The highest BCUT2D eigenvalue weighted by molar-refractivity contribution is 5.97. The van der Waals surface area contributed by atoms with E-state index in [2.05, 4.69) is 12.2 Å². The first-order valence-corrected chi connectivity index (χ1v) is 8.57. The van der Waals surface area contributed by atoms with Gasteiger partial charge in [-0.05, 0) is 31.4 Å². The number of carbonyl (C=O) groups is 2. The van der Waals surface area contributed by atoms with Crippen LogP contribution in [-0.4, -0.2) is 54.9 Å². The lowest BCUT2D eigenvalue weighted by molar-refractivity contribution is -0.137. The Morgan fingerprint density at radius 1 is 1.04 bits per heavy atom. The lowest BCUT2D eigenvalue weighted by atomic mass is 9.93. The van der Waals surface area contributed by atoms with Crippen molar-refractivity contribution in [2.45, 2.75) is 19.3 Å². The number of carbonyl (C=O) groups excluding carboxylic acids is 2. The molecule has 1 aromatic rings. The van der Waals surface area contributed by atoms with Crippen molar-refractivity contribution < 1.29 is 14.3 Å². The average molecular weight is 328 g/mol. The Balaban J connectivity index is 1.59. The number of allylic oxidation sites excluding steroid dienone is 2. The molecule has 1 atom stereocenters. The van der Waals surface area contributed by atoms with E-state index in [-0.39, 0.29) is 17.7 Å². The van der Waals surface area contributed by atoms with Gasteiger partial charge in [0.05, 0.1) is 12.7 Å². The lowest BCUT2D eigenvalue weighted by Gasteiger charge is -2.36. The highest BCUT2D eigenvalue weighted by atomic mass is 16.5. The summed E-state index contributed by atoms with van der Waals surface area (Å²) in [5.74, 6) is 0.922.